The number of furan rings is 1. The number of esters is 1. The second-order valence-corrected chi connectivity index (χ2v) is 6.72. The summed E-state index contributed by atoms with van der Waals surface area (Å²) in [4.78, 5) is 23.9. The van der Waals surface area contributed by atoms with Crippen molar-refractivity contribution in [3.63, 3.8) is 0 Å². The summed E-state index contributed by atoms with van der Waals surface area (Å²) < 4.78 is 10.9. The maximum Gasteiger partial charge on any atom is 0.338 e. The lowest BCUT2D eigenvalue weighted by molar-refractivity contribution is -0.120. The lowest BCUT2D eigenvalue weighted by Crippen LogP contribution is -2.19. The van der Waals surface area contributed by atoms with E-state index in [-0.39, 0.29) is 18.3 Å². The predicted molar refractivity (Wildman–Crippen MR) is 115 cm³/mol. The van der Waals surface area contributed by atoms with Gasteiger partial charge in [0.15, 0.2) is 0 Å². The van der Waals surface area contributed by atoms with E-state index in [1.807, 2.05) is 43.3 Å². The van der Waals surface area contributed by atoms with Crippen LogP contribution in [0, 0.1) is 0 Å². The third kappa shape index (κ3) is 6.17. The van der Waals surface area contributed by atoms with Gasteiger partial charge in [0.25, 0.3) is 0 Å². The van der Waals surface area contributed by atoms with Gasteiger partial charge in [0.05, 0.1) is 24.8 Å². The van der Waals surface area contributed by atoms with Crippen LogP contribution in [0.5, 0.6) is 0 Å². The second-order valence-electron chi connectivity index (χ2n) is 6.72. The Hall–Kier alpha value is -3.67. The highest BCUT2D eigenvalue weighted by Gasteiger charge is 2.09. The number of rotatable bonds is 9. The van der Waals surface area contributed by atoms with Crippen molar-refractivity contribution in [1.29, 1.82) is 0 Å². The van der Waals surface area contributed by atoms with Crippen molar-refractivity contribution in [2.45, 2.75) is 26.2 Å². The van der Waals surface area contributed by atoms with Crippen molar-refractivity contribution in [2.75, 3.05) is 6.61 Å². The van der Waals surface area contributed by atoms with Gasteiger partial charge in [0.2, 0.25) is 5.91 Å². The Morgan fingerprint density at radius 2 is 1.80 bits per heavy atom. The summed E-state index contributed by atoms with van der Waals surface area (Å²) in [5.41, 5.74) is 4.74. The first-order chi connectivity index (χ1) is 14.7. The standard InChI is InChI=1S/C24H24N2O4/c1-2-3-15-29-24(28)20-11-9-19(10-12-20)22-14-13-21(30-22)17-25-26-23(27)16-18-7-5-4-6-8-18/h4-14,17H,2-3,15-16H2,1H3,(H,26,27)/b25-17-. The van der Waals surface area contributed by atoms with E-state index in [4.69, 9.17) is 9.15 Å². The molecule has 3 rings (SSSR count). The minimum atomic E-state index is -0.325. The molecule has 30 heavy (non-hydrogen) atoms. The molecule has 0 aliphatic heterocycles. The van der Waals surface area contributed by atoms with Crippen LogP contribution in [0.3, 0.4) is 0 Å². The topological polar surface area (TPSA) is 80.9 Å². The second kappa shape index (κ2) is 10.8. The van der Waals surface area contributed by atoms with Crippen LogP contribution in [-0.2, 0) is 16.0 Å². The van der Waals surface area contributed by atoms with Gasteiger partial charge in [-0.1, -0.05) is 55.8 Å². The highest BCUT2D eigenvalue weighted by Crippen LogP contribution is 2.22. The molecule has 0 saturated carbocycles. The number of hydrazone groups is 1. The number of carbonyl (C=O) groups excluding carboxylic acids is 2. The molecule has 154 valence electrons. The molecule has 1 aromatic heterocycles. The molecule has 0 radical (unpaired) electrons. The van der Waals surface area contributed by atoms with Crippen molar-refractivity contribution in [3.8, 4) is 11.3 Å². The van der Waals surface area contributed by atoms with Gasteiger partial charge in [0, 0.05) is 5.56 Å². The summed E-state index contributed by atoms with van der Waals surface area (Å²) in [6, 6.07) is 20.0. The maximum atomic E-state index is 12.0. The smallest absolute Gasteiger partial charge is 0.338 e. The zero-order valence-electron chi connectivity index (χ0n) is 16.8. The fraction of sp³-hybridized carbons (Fsp3) is 0.208. The number of hydrogen-bond acceptors (Lipinski definition) is 5. The number of hydrogen-bond donors (Lipinski definition) is 1. The Bertz CT molecular complexity index is 992. The van der Waals surface area contributed by atoms with Gasteiger partial charge >= 0.3 is 5.97 Å². The monoisotopic (exact) mass is 404 g/mol. The lowest BCUT2D eigenvalue weighted by Gasteiger charge is -2.04. The molecule has 3 aromatic rings. The molecule has 6 heteroatoms. The van der Waals surface area contributed by atoms with Gasteiger partial charge in [-0.25, -0.2) is 10.2 Å². The Balaban J connectivity index is 1.53. The SMILES string of the molecule is CCCCOC(=O)c1ccc(-c2ccc(/C=N\NC(=O)Cc3ccccc3)o2)cc1. The van der Waals surface area contributed by atoms with Gasteiger partial charge in [-0.2, -0.15) is 5.10 Å². The molecule has 0 fully saturated rings. The normalized spacial score (nSPS) is 10.8. The average Bonchev–Trinajstić information content (AvgIpc) is 3.23. The third-order valence-corrected chi connectivity index (χ3v) is 4.35. The first-order valence-electron chi connectivity index (χ1n) is 9.89. The molecular weight excluding hydrogens is 380 g/mol. The summed E-state index contributed by atoms with van der Waals surface area (Å²) in [5.74, 6) is 0.616. The largest absolute Gasteiger partial charge is 0.462 e. The zero-order chi connectivity index (χ0) is 21.2. The van der Waals surface area contributed by atoms with Gasteiger partial charge in [-0.05, 0) is 36.2 Å². The van der Waals surface area contributed by atoms with Gasteiger partial charge < -0.3 is 9.15 Å². The number of amides is 1. The number of nitrogens with zero attached hydrogens (tertiary/aromatic N) is 1. The molecule has 2 aromatic carbocycles. The van der Waals surface area contributed by atoms with E-state index in [2.05, 4.69) is 10.5 Å². The van der Waals surface area contributed by atoms with Crippen LogP contribution in [-0.4, -0.2) is 24.7 Å². The highest BCUT2D eigenvalue weighted by molar-refractivity contribution is 5.90. The van der Waals surface area contributed by atoms with Crippen molar-refractivity contribution >= 4 is 18.1 Å². The first-order valence-corrected chi connectivity index (χ1v) is 9.89. The summed E-state index contributed by atoms with van der Waals surface area (Å²) >= 11 is 0. The molecule has 0 saturated heterocycles. The van der Waals surface area contributed by atoms with Crippen LogP contribution >= 0.6 is 0 Å². The number of unbranched alkanes of at least 4 members (excludes halogenated alkanes) is 1. The fourth-order valence-electron chi connectivity index (χ4n) is 2.73. The van der Waals surface area contributed by atoms with E-state index >= 15 is 0 Å². The molecule has 1 N–H and O–H groups in total. The first kappa shape index (κ1) is 21.0. The lowest BCUT2D eigenvalue weighted by atomic mass is 10.1. The van der Waals surface area contributed by atoms with E-state index in [1.165, 1.54) is 6.21 Å². The van der Waals surface area contributed by atoms with Gasteiger partial charge in [-0.3, -0.25) is 4.79 Å². The maximum absolute atomic E-state index is 12.0. The molecule has 0 aliphatic rings. The molecule has 1 heterocycles. The van der Waals surface area contributed by atoms with E-state index < -0.39 is 0 Å². The van der Waals surface area contributed by atoms with Gasteiger partial charge in [0.1, 0.15) is 11.5 Å². The number of nitrogens with one attached hydrogen (secondary N) is 1. The molecule has 6 nitrogen and oxygen atoms in total. The molecule has 0 aliphatic carbocycles. The predicted octanol–water partition coefficient (Wildman–Crippen LogP) is 4.60. The van der Waals surface area contributed by atoms with Crippen LogP contribution in [0.15, 0.2) is 76.2 Å². The Kier molecular flexibility index (Phi) is 7.55. The molecule has 0 atom stereocenters. The number of benzene rings is 2. The number of carbonyl (C=O) groups is 2. The molecule has 0 unspecified atom stereocenters. The van der Waals surface area contributed by atoms with Gasteiger partial charge in [-0.15, -0.1) is 0 Å². The fourth-order valence-corrected chi connectivity index (χ4v) is 2.73. The summed E-state index contributed by atoms with van der Waals surface area (Å²) in [7, 11) is 0. The molecule has 0 bridgehead atoms. The third-order valence-electron chi connectivity index (χ3n) is 4.35. The molecule has 1 amide bonds. The summed E-state index contributed by atoms with van der Waals surface area (Å²) in [6.45, 7) is 2.48. The van der Waals surface area contributed by atoms with Crippen LogP contribution in [0.25, 0.3) is 11.3 Å². The minimum Gasteiger partial charge on any atom is -0.462 e. The Morgan fingerprint density at radius 3 is 2.53 bits per heavy atom. The zero-order valence-corrected chi connectivity index (χ0v) is 16.8. The van der Waals surface area contributed by atoms with Crippen LogP contribution in [0.1, 0.15) is 41.4 Å². The van der Waals surface area contributed by atoms with Crippen molar-refractivity contribution in [3.05, 3.63) is 83.6 Å². The van der Waals surface area contributed by atoms with Crippen LogP contribution in [0.2, 0.25) is 0 Å². The minimum absolute atomic E-state index is 0.203. The number of ether oxygens (including phenoxy) is 1. The highest BCUT2D eigenvalue weighted by atomic mass is 16.5. The Morgan fingerprint density at radius 1 is 1.03 bits per heavy atom. The van der Waals surface area contributed by atoms with Crippen LogP contribution in [0.4, 0.5) is 0 Å². The Labute approximate surface area is 175 Å². The average molecular weight is 404 g/mol. The summed E-state index contributed by atoms with van der Waals surface area (Å²) in [6.07, 6.45) is 3.54. The van der Waals surface area contributed by atoms with E-state index in [9.17, 15) is 9.59 Å². The van der Waals surface area contributed by atoms with Crippen molar-refractivity contribution < 1.29 is 18.7 Å². The van der Waals surface area contributed by atoms with Crippen molar-refractivity contribution in [2.24, 2.45) is 5.10 Å². The summed E-state index contributed by atoms with van der Waals surface area (Å²) in [5, 5.41) is 3.94. The van der Waals surface area contributed by atoms with E-state index in [1.54, 1.807) is 30.3 Å². The van der Waals surface area contributed by atoms with E-state index in [0.717, 1.165) is 24.0 Å². The van der Waals surface area contributed by atoms with E-state index in [0.29, 0.717) is 23.7 Å². The quantitative estimate of drug-likeness (QED) is 0.245. The van der Waals surface area contributed by atoms with Crippen molar-refractivity contribution in [1.82, 2.24) is 5.43 Å². The van der Waals surface area contributed by atoms with Crippen LogP contribution < -0.4 is 5.43 Å². The molecule has 0 spiro atoms. The molecular formula is C24H24N2O4.